The van der Waals surface area contributed by atoms with Crippen molar-refractivity contribution in [3.05, 3.63) is 56.8 Å². The Hall–Kier alpha value is -0.691. The SMILES string of the molecule is CC1=C(C)C(C)C([Si](c2cc([Si](C)(C)C)c([Si](C)(C)C)c([Si](C)(C)C)c2C)(c2cc([Si](C)(C)C)c([Si](C)(C)C)c([Si](C)(C)C)c2C)c2cc([Si](C)(C)C)c([Si](C)(C)C)c([Si](C)(C)C)c2C)=C1C. The van der Waals surface area contributed by atoms with Crippen molar-refractivity contribution in [1.29, 1.82) is 0 Å². The summed E-state index contributed by atoms with van der Waals surface area (Å²) in [6, 6.07) is 9.09. The summed E-state index contributed by atoms with van der Waals surface area (Å²) in [6.07, 6.45) is 0. The smallest absolute Gasteiger partial charge is 0.0656 e. The second-order valence-corrected chi connectivity index (χ2v) is 79.9. The summed E-state index contributed by atoms with van der Waals surface area (Å²) in [7, 11) is -20.1. The van der Waals surface area contributed by atoms with Crippen LogP contribution in [0.2, 0.25) is 177 Å². The lowest BCUT2D eigenvalue weighted by Gasteiger charge is -2.48. The van der Waals surface area contributed by atoms with E-state index in [9.17, 15) is 0 Å². The Balaban J connectivity index is 2.91. The monoisotopic (exact) mass is 1070 g/mol. The predicted molar refractivity (Wildman–Crippen MR) is 345 cm³/mol. The molecule has 67 heavy (non-hydrogen) atoms. The van der Waals surface area contributed by atoms with E-state index in [1.807, 2.05) is 36.3 Å². The van der Waals surface area contributed by atoms with Gasteiger partial charge in [0.2, 0.25) is 0 Å². The zero-order valence-electron chi connectivity index (χ0n) is 50.8. The van der Waals surface area contributed by atoms with Crippen LogP contribution in [0, 0.1) is 26.7 Å². The highest BCUT2D eigenvalue weighted by Gasteiger charge is 2.55. The van der Waals surface area contributed by atoms with E-state index < -0.39 is 80.7 Å². The van der Waals surface area contributed by atoms with Gasteiger partial charge in [-0.2, -0.15) is 0 Å². The van der Waals surface area contributed by atoms with Crippen LogP contribution in [0.4, 0.5) is 0 Å². The van der Waals surface area contributed by atoms with Crippen molar-refractivity contribution in [3.8, 4) is 0 Å². The minimum absolute atomic E-state index is 0.372. The van der Waals surface area contributed by atoms with E-state index >= 15 is 0 Å². The summed E-state index contributed by atoms with van der Waals surface area (Å²) >= 11 is 0. The third kappa shape index (κ3) is 10.6. The fourth-order valence-corrected chi connectivity index (χ4v) is 50.7. The van der Waals surface area contributed by atoms with Gasteiger partial charge in [-0.1, -0.05) is 282 Å². The van der Waals surface area contributed by atoms with Gasteiger partial charge in [0, 0.05) is 0 Å². The van der Waals surface area contributed by atoms with Gasteiger partial charge in [0.25, 0.3) is 0 Å². The molecule has 3 aromatic rings. The summed E-state index contributed by atoms with van der Waals surface area (Å²) in [5.74, 6) is 0.372. The van der Waals surface area contributed by atoms with Crippen LogP contribution in [0.25, 0.3) is 0 Å². The molecule has 1 atom stereocenters. The predicted octanol–water partition coefficient (Wildman–Crippen LogP) is 10.8. The van der Waals surface area contributed by atoms with Gasteiger partial charge >= 0.3 is 0 Å². The lowest BCUT2D eigenvalue weighted by Crippen LogP contribution is -2.80. The Labute approximate surface area is 427 Å². The molecule has 1 aliphatic rings. The normalized spacial score (nSPS) is 16.8. The molecule has 0 amide bonds. The molecule has 1 aliphatic carbocycles. The molecule has 3 aromatic carbocycles. The fourth-order valence-electron chi connectivity index (χ4n) is 13.3. The molecular weight excluding hydrogens is 965 g/mol. The first-order valence-corrected chi connectivity index (χ1v) is 59.9. The highest BCUT2D eigenvalue weighted by atomic mass is 28.3. The second-order valence-electron chi connectivity index (χ2n) is 31.1. The molecular formula is C57H106Si10. The zero-order chi connectivity index (χ0) is 52.7. The fraction of sp³-hybridized carbons (Fsp3) is 0.614. The lowest BCUT2D eigenvalue weighted by molar-refractivity contribution is 0.851. The zero-order valence-corrected chi connectivity index (χ0v) is 60.8. The number of hydrogen-bond acceptors (Lipinski definition) is 0. The number of allylic oxidation sites excluding steroid dienone is 4. The summed E-state index contributed by atoms with van der Waals surface area (Å²) in [5, 5.41) is 23.6. The Morgan fingerprint density at radius 1 is 0.269 bits per heavy atom. The highest BCUT2D eigenvalue weighted by molar-refractivity contribution is 7.19. The van der Waals surface area contributed by atoms with Crippen LogP contribution in [-0.2, 0) is 0 Å². The van der Waals surface area contributed by atoms with E-state index in [2.05, 4.69) is 243 Å². The third-order valence-corrected chi connectivity index (χ3v) is 41.5. The molecule has 0 saturated carbocycles. The first-order valence-electron chi connectivity index (χ1n) is 26.4. The van der Waals surface area contributed by atoms with Gasteiger partial charge in [-0.25, -0.2) is 0 Å². The summed E-state index contributed by atoms with van der Waals surface area (Å²) in [6.45, 7) is 91.1. The lowest BCUT2D eigenvalue weighted by atomic mass is 10.1. The minimum Gasteiger partial charge on any atom is -0.0656 e. The van der Waals surface area contributed by atoms with E-state index in [-0.39, 0.29) is 0 Å². The highest BCUT2D eigenvalue weighted by Crippen LogP contribution is 2.42. The number of rotatable bonds is 13. The van der Waals surface area contributed by atoms with Crippen LogP contribution in [0.1, 0.15) is 44.4 Å². The van der Waals surface area contributed by atoms with Gasteiger partial charge in [-0.15, -0.1) is 0 Å². The van der Waals surface area contributed by atoms with Crippen molar-refractivity contribution < 1.29 is 0 Å². The van der Waals surface area contributed by atoms with Crippen LogP contribution >= 0.6 is 0 Å². The van der Waals surface area contributed by atoms with E-state index in [0.29, 0.717) is 5.92 Å². The number of benzene rings is 3. The maximum atomic E-state index is 3.03. The van der Waals surface area contributed by atoms with Crippen molar-refractivity contribution in [3.63, 3.8) is 0 Å². The molecule has 0 aromatic heterocycles. The molecule has 10 heteroatoms. The molecule has 0 heterocycles. The van der Waals surface area contributed by atoms with Gasteiger partial charge < -0.3 is 0 Å². The van der Waals surface area contributed by atoms with Gasteiger partial charge in [0.15, 0.2) is 8.07 Å². The molecule has 0 bridgehead atoms. The largest absolute Gasteiger partial charge is 0.177 e. The van der Waals surface area contributed by atoms with Gasteiger partial charge in [0.1, 0.15) is 0 Å². The summed E-state index contributed by atoms with van der Waals surface area (Å²) < 4.78 is 0. The average Bonchev–Trinajstić information content (AvgIpc) is 3.26. The first kappa shape index (κ1) is 58.9. The molecule has 374 valence electrons. The summed E-state index contributed by atoms with van der Waals surface area (Å²) in [5.41, 5.74) is 9.86. The van der Waals surface area contributed by atoms with E-state index in [1.165, 1.54) is 0 Å². The van der Waals surface area contributed by atoms with Crippen LogP contribution in [0.15, 0.2) is 40.1 Å². The van der Waals surface area contributed by atoms with Crippen LogP contribution in [-0.4, -0.2) is 80.7 Å². The van der Waals surface area contributed by atoms with Crippen LogP contribution in [0.3, 0.4) is 0 Å². The van der Waals surface area contributed by atoms with Crippen LogP contribution < -0.4 is 62.2 Å². The van der Waals surface area contributed by atoms with E-state index in [0.717, 1.165) is 0 Å². The molecule has 0 saturated heterocycles. The van der Waals surface area contributed by atoms with Gasteiger partial charge in [0.05, 0.1) is 72.7 Å². The van der Waals surface area contributed by atoms with Crippen molar-refractivity contribution in [1.82, 2.24) is 0 Å². The maximum Gasteiger partial charge on any atom is 0.177 e. The average molecular weight is 1070 g/mol. The Kier molecular flexibility index (Phi) is 15.9. The topological polar surface area (TPSA) is 0 Å². The molecule has 0 spiro atoms. The van der Waals surface area contributed by atoms with Gasteiger partial charge in [-0.05, 0) is 68.6 Å². The first-order chi connectivity index (χ1) is 29.4. The Morgan fingerprint density at radius 3 is 0.627 bits per heavy atom. The van der Waals surface area contributed by atoms with Crippen molar-refractivity contribution in [2.24, 2.45) is 5.92 Å². The Morgan fingerprint density at radius 2 is 0.478 bits per heavy atom. The molecule has 4 rings (SSSR count). The summed E-state index contributed by atoms with van der Waals surface area (Å²) in [4.78, 5) is 0. The van der Waals surface area contributed by atoms with E-state index in [1.54, 1.807) is 64.5 Å². The minimum atomic E-state index is -3.22. The standard InChI is InChI=1S/C57H106Si10/c1-38-39(2)41(4)51(40(38)3)67(45-35-48(58(8,9)10)55(64(26,27)28)52(42(45)5)61(17,18)19,46-36-49(59(11,12)13)56(65(29,30)31)53(43(46)6)62(20,21)22)47-37-50(60(14,15)16)57(66(32,33)34)54(44(47)7)63(23,24)25/h35-37,40H,1-34H3. The van der Waals surface area contributed by atoms with Crippen LogP contribution in [0.5, 0.6) is 0 Å². The van der Waals surface area contributed by atoms with Crippen molar-refractivity contribution >= 4 is 143 Å². The quantitative estimate of drug-likeness (QED) is 0.118. The molecule has 0 nitrogen and oxygen atoms in total. The third-order valence-electron chi connectivity index (χ3n) is 15.9. The molecule has 0 radical (unpaired) electrons. The molecule has 0 N–H and O–H groups in total. The van der Waals surface area contributed by atoms with E-state index in [4.69, 9.17) is 0 Å². The molecule has 0 fully saturated rings. The number of hydrogen-bond donors (Lipinski definition) is 0. The maximum absolute atomic E-state index is 3.22. The molecule has 0 aliphatic heterocycles. The van der Waals surface area contributed by atoms with Gasteiger partial charge in [-0.3, -0.25) is 0 Å². The Bertz CT molecular complexity index is 2280. The molecule has 1 unspecified atom stereocenters. The van der Waals surface area contributed by atoms with Crippen molar-refractivity contribution in [2.45, 2.75) is 225 Å². The van der Waals surface area contributed by atoms with Crippen molar-refractivity contribution in [2.75, 3.05) is 0 Å². The second kappa shape index (κ2) is 18.1.